The summed E-state index contributed by atoms with van der Waals surface area (Å²) in [6.45, 7) is 11.4. The summed E-state index contributed by atoms with van der Waals surface area (Å²) in [5.41, 5.74) is 2.97. The molecule has 0 radical (unpaired) electrons. The normalized spacial score (nSPS) is 14.4. The first-order chi connectivity index (χ1) is 15.4. The van der Waals surface area contributed by atoms with Crippen LogP contribution in [0.2, 0.25) is 0 Å². The minimum absolute atomic E-state index is 0.00674. The lowest BCUT2D eigenvalue weighted by atomic mass is 10.1. The standard InChI is InChI=1S/C25H33N3O3S/c1-4-27-13-15-28(16-14-27)20-6-9-22(18(2)17-20)26-25(31)12-8-21(29)7-10-23(30)24-11-5-19(3)32-24/h5-6,9,11,17H,4,7-8,10,12-16H2,1-3H3,(H,26,31). The fourth-order valence-electron chi connectivity index (χ4n) is 3.86. The van der Waals surface area contributed by atoms with Gasteiger partial charge in [-0.15, -0.1) is 11.3 Å². The quantitative estimate of drug-likeness (QED) is 0.536. The number of benzene rings is 1. The van der Waals surface area contributed by atoms with Gasteiger partial charge in [0.05, 0.1) is 4.88 Å². The van der Waals surface area contributed by atoms with E-state index in [1.807, 2.05) is 32.0 Å². The van der Waals surface area contributed by atoms with Gasteiger partial charge in [-0.2, -0.15) is 0 Å². The fourth-order valence-corrected chi connectivity index (χ4v) is 4.69. The first-order valence-electron chi connectivity index (χ1n) is 11.3. The van der Waals surface area contributed by atoms with Crippen LogP contribution in [0, 0.1) is 13.8 Å². The van der Waals surface area contributed by atoms with Gasteiger partial charge in [0.1, 0.15) is 5.78 Å². The lowest BCUT2D eigenvalue weighted by molar-refractivity contribution is -0.122. The Balaban J connectivity index is 1.42. The number of carbonyl (C=O) groups is 3. The Morgan fingerprint density at radius 3 is 2.28 bits per heavy atom. The molecule has 1 fully saturated rings. The van der Waals surface area contributed by atoms with Crippen LogP contribution in [0.25, 0.3) is 0 Å². The number of likely N-dealkylation sites (N-methyl/N-ethyl adjacent to an activating group) is 1. The van der Waals surface area contributed by atoms with E-state index in [9.17, 15) is 14.4 Å². The summed E-state index contributed by atoms with van der Waals surface area (Å²) in [4.78, 5) is 43.2. The van der Waals surface area contributed by atoms with Gasteiger partial charge in [0.15, 0.2) is 5.78 Å². The maximum Gasteiger partial charge on any atom is 0.224 e. The van der Waals surface area contributed by atoms with Gasteiger partial charge in [0, 0.05) is 68.1 Å². The van der Waals surface area contributed by atoms with Crippen molar-refractivity contribution in [1.82, 2.24) is 4.90 Å². The van der Waals surface area contributed by atoms with Gasteiger partial charge >= 0.3 is 0 Å². The molecule has 1 saturated heterocycles. The summed E-state index contributed by atoms with van der Waals surface area (Å²) in [6.07, 6.45) is 0.669. The van der Waals surface area contributed by atoms with E-state index in [1.54, 1.807) is 6.07 Å². The third-order valence-corrected chi connectivity index (χ3v) is 6.99. The van der Waals surface area contributed by atoms with Crippen LogP contribution >= 0.6 is 11.3 Å². The Labute approximate surface area is 194 Å². The van der Waals surface area contributed by atoms with Crippen molar-refractivity contribution in [3.8, 4) is 0 Å². The molecule has 3 rings (SSSR count). The van der Waals surface area contributed by atoms with E-state index in [2.05, 4.69) is 28.1 Å². The van der Waals surface area contributed by atoms with Crippen LogP contribution in [0.3, 0.4) is 0 Å². The van der Waals surface area contributed by atoms with Gasteiger partial charge in [0.25, 0.3) is 0 Å². The molecular weight excluding hydrogens is 422 g/mol. The van der Waals surface area contributed by atoms with Crippen molar-refractivity contribution >= 4 is 40.2 Å². The highest BCUT2D eigenvalue weighted by atomic mass is 32.1. The molecule has 2 heterocycles. The van der Waals surface area contributed by atoms with Crippen molar-refractivity contribution in [1.29, 1.82) is 0 Å². The Bertz CT molecular complexity index is 961. The van der Waals surface area contributed by atoms with Crippen LogP contribution in [0.5, 0.6) is 0 Å². The second kappa shape index (κ2) is 11.4. The van der Waals surface area contributed by atoms with E-state index >= 15 is 0 Å². The first-order valence-corrected chi connectivity index (χ1v) is 12.2. The predicted octanol–water partition coefficient (Wildman–Crippen LogP) is 4.46. The molecule has 0 aliphatic carbocycles. The number of carbonyl (C=O) groups excluding carboxylic acids is 3. The number of nitrogens with zero attached hydrogens (tertiary/aromatic N) is 2. The minimum Gasteiger partial charge on any atom is -0.369 e. The number of Topliss-reactive ketones (excluding diaryl/α,β-unsaturated/α-hetero) is 2. The average molecular weight is 456 g/mol. The summed E-state index contributed by atoms with van der Waals surface area (Å²) in [5.74, 6) is -0.237. The molecule has 0 unspecified atom stereocenters. The summed E-state index contributed by atoms with van der Waals surface area (Å²) in [7, 11) is 0. The molecule has 1 amide bonds. The van der Waals surface area contributed by atoms with Crippen LogP contribution in [0.1, 0.15) is 52.7 Å². The molecule has 32 heavy (non-hydrogen) atoms. The third kappa shape index (κ3) is 6.74. The molecule has 6 nitrogen and oxygen atoms in total. The van der Waals surface area contributed by atoms with Gasteiger partial charge < -0.3 is 15.1 Å². The predicted molar refractivity (Wildman–Crippen MR) is 131 cm³/mol. The Morgan fingerprint density at radius 2 is 1.66 bits per heavy atom. The molecule has 0 atom stereocenters. The number of amides is 1. The van der Waals surface area contributed by atoms with Gasteiger partial charge in [0.2, 0.25) is 5.91 Å². The zero-order chi connectivity index (χ0) is 23.1. The van der Waals surface area contributed by atoms with Gasteiger partial charge in [-0.25, -0.2) is 0 Å². The van der Waals surface area contributed by atoms with Crippen LogP contribution in [0.15, 0.2) is 30.3 Å². The summed E-state index contributed by atoms with van der Waals surface area (Å²) >= 11 is 1.45. The van der Waals surface area contributed by atoms with E-state index in [-0.39, 0.29) is 43.2 Å². The summed E-state index contributed by atoms with van der Waals surface area (Å²) in [5, 5.41) is 2.92. The number of hydrogen-bond donors (Lipinski definition) is 1. The van der Waals surface area contributed by atoms with Gasteiger partial charge in [-0.3, -0.25) is 14.4 Å². The molecule has 0 bridgehead atoms. The van der Waals surface area contributed by atoms with E-state index in [1.165, 1.54) is 17.0 Å². The van der Waals surface area contributed by atoms with E-state index in [0.29, 0.717) is 4.88 Å². The topological polar surface area (TPSA) is 69.7 Å². The van der Waals surface area contributed by atoms with E-state index in [0.717, 1.165) is 48.9 Å². The molecule has 1 N–H and O–H groups in total. The van der Waals surface area contributed by atoms with E-state index in [4.69, 9.17) is 0 Å². The highest BCUT2D eigenvalue weighted by Gasteiger charge is 2.17. The molecule has 172 valence electrons. The maximum absolute atomic E-state index is 12.3. The molecule has 2 aromatic rings. The molecule has 7 heteroatoms. The maximum atomic E-state index is 12.3. The van der Waals surface area contributed by atoms with E-state index < -0.39 is 0 Å². The minimum atomic E-state index is -0.175. The third-order valence-electron chi connectivity index (χ3n) is 5.95. The number of aryl methyl sites for hydroxylation is 2. The van der Waals surface area contributed by atoms with Crippen molar-refractivity contribution < 1.29 is 14.4 Å². The van der Waals surface area contributed by atoms with Crippen molar-refractivity contribution in [2.24, 2.45) is 0 Å². The van der Waals surface area contributed by atoms with Gasteiger partial charge in [-0.1, -0.05) is 6.92 Å². The summed E-state index contributed by atoms with van der Waals surface area (Å²) in [6, 6.07) is 9.82. The molecule has 1 aliphatic rings. The highest BCUT2D eigenvalue weighted by Crippen LogP contribution is 2.24. The SMILES string of the molecule is CCN1CCN(c2ccc(NC(=O)CCC(=O)CCC(=O)c3ccc(C)s3)c(C)c2)CC1. The smallest absolute Gasteiger partial charge is 0.224 e. The lowest BCUT2D eigenvalue weighted by Crippen LogP contribution is -2.46. The fraction of sp³-hybridized carbons (Fsp3) is 0.480. The second-order valence-electron chi connectivity index (χ2n) is 8.34. The molecule has 0 saturated carbocycles. The lowest BCUT2D eigenvalue weighted by Gasteiger charge is -2.35. The molecule has 1 aromatic carbocycles. The largest absolute Gasteiger partial charge is 0.369 e. The van der Waals surface area contributed by atoms with Crippen molar-refractivity contribution in [2.45, 2.75) is 46.5 Å². The van der Waals surface area contributed by atoms with Crippen molar-refractivity contribution in [3.05, 3.63) is 45.6 Å². The van der Waals surface area contributed by atoms with Crippen molar-refractivity contribution in [3.63, 3.8) is 0 Å². The molecular formula is C25H33N3O3S. The number of hydrogen-bond acceptors (Lipinski definition) is 6. The van der Waals surface area contributed by atoms with Crippen LogP contribution in [-0.2, 0) is 9.59 Å². The monoisotopic (exact) mass is 455 g/mol. The number of nitrogens with one attached hydrogen (secondary N) is 1. The van der Waals surface area contributed by atoms with Crippen LogP contribution in [0.4, 0.5) is 11.4 Å². The van der Waals surface area contributed by atoms with Crippen LogP contribution in [-0.4, -0.2) is 55.1 Å². The average Bonchev–Trinajstić information content (AvgIpc) is 3.24. The Kier molecular flexibility index (Phi) is 8.59. The number of ketones is 2. The second-order valence-corrected chi connectivity index (χ2v) is 9.63. The van der Waals surface area contributed by atoms with Gasteiger partial charge in [-0.05, 0) is 56.3 Å². The van der Waals surface area contributed by atoms with Crippen molar-refractivity contribution in [2.75, 3.05) is 42.9 Å². The Hall–Kier alpha value is -2.51. The number of anilines is 2. The summed E-state index contributed by atoms with van der Waals surface area (Å²) < 4.78 is 0. The zero-order valence-electron chi connectivity index (χ0n) is 19.3. The number of thiophene rings is 1. The first kappa shape index (κ1) is 24.1. The highest BCUT2D eigenvalue weighted by molar-refractivity contribution is 7.14. The van der Waals surface area contributed by atoms with Crippen LogP contribution < -0.4 is 10.2 Å². The number of rotatable bonds is 10. The molecule has 1 aliphatic heterocycles. The number of piperazine rings is 1. The molecule has 0 spiro atoms. The zero-order valence-corrected chi connectivity index (χ0v) is 20.1. The Morgan fingerprint density at radius 1 is 0.938 bits per heavy atom. The molecule has 1 aromatic heterocycles.